The molecule has 19 heavy (non-hydrogen) atoms. The number of alkyl halides is 1. The van der Waals surface area contributed by atoms with Gasteiger partial charge in [-0.05, 0) is 44.5 Å². The van der Waals surface area contributed by atoms with Crippen LogP contribution >= 0.6 is 11.6 Å². The molecule has 1 aromatic rings. The van der Waals surface area contributed by atoms with Crippen molar-refractivity contribution < 1.29 is 4.74 Å². The van der Waals surface area contributed by atoms with Crippen molar-refractivity contribution in [3.8, 4) is 5.75 Å². The minimum Gasteiger partial charge on any atom is -0.493 e. The Morgan fingerprint density at radius 2 is 2.11 bits per heavy atom. The third kappa shape index (κ3) is 4.39. The lowest BCUT2D eigenvalue weighted by Gasteiger charge is -2.29. The Hall–Kier alpha value is -0.730. The summed E-state index contributed by atoms with van der Waals surface area (Å²) in [6, 6.07) is 8.46. The summed E-state index contributed by atoms with van der Waals surface area (Å²) in [6.07, 6.45) is 4.74. The summed E-state index contributed by atoms with van der Waals surface area (Å²) in [5.41, 5.74) is 1.38. The van der Waals surface area contributed by atoms with Crippen LogP contribution in [0.2, 0.25) is 0 Å². The van der Waals surface area contributed by atoms with Gasteiger partial charge in [-0.1, -0.05) is 24.6 Å². The molecule has 0 bridgehead atoms. The predicted molar refractivity (Wildman–Crippen MR) is 81.4 cm³/mol. The lowest BCUT2D eigenvalue weighted by molar-refractivity contribution is 0.230. The molecular formula is C16H24ClNO. The fraction of sp³-hybridized carbons (Fsp3) is 0.625. The van der Waals surface area contributed by atoms with E-state index in [-0.39, 0.29) is 0 Å². The van der Waals surface area contributed by atoms with Gasteiger partial charge in [0.25, 0.3) is 0 Å². The molecule has 0 amide bonds. The fourth-order valence-electron chi connectivity index (χ4n) is 2.73. The van der Waals surface area contributed by atoms with Gasteiger partial charge in [-0.15, -0.1) is 11.6 Å². The molecule has 0 aromatic heterocycles. The predicted octanol–water partition coefficient (Wildman–Crippen LogP) is 3.89. The van der Waals surface area contributed by atoms with E-state index in [1.807, 2.05) is 0 Å². The number of likely N-dealkylation sites (N-methyl/N-ethyl adjacent to an activating group) is 1. The number of hydrogen-bond acceptors (Lipinski definition) is 2. The monoisotopic (exact) mass is 281 g/mol. The number of nitrogens with zero attached hydrogens (tertiary/aromatic N) is 1. The molecule has 1 aliphatic heterocycles. The maximum atomic E-state index is 5.72. The van der Waals surface area contributed by atoms with Crippen LogP contribution in [0, 0.1) is 0 Å². The average molecular weight is 282 g/mol. The smallest absolute Gasteiger partial charge is 0.122 e. The van der Waals surface area contributed by atoms with Crippen LogP contribution in [-0.2, 0) is 0 Å². The second-order valence-electron chi connectivity index (χ2n) is 5.38. The number of rotatable bonds is 7. The van der Waals surface area contributed by atoms with Crippen molar-refractivity contribution in [2.75, 3.05) is 32.6 Å². The summed E-state index contributed by atoms with van der Waals surface area (Å²) in [5, 5.41) is 0. The van der Waals surface area contributed by atoms with E-state index in [1.165, 1.54) is 18.4 Å². The van der Waals surface area contributed by atoms with Gasteiger partial charge in [-0.3, -0.25) is 0 Å². The van der Waals surface area contributed by atoms with Gasteiger partial charge in [0, 0.05) is 18.3 Å². The van der Waals surface area contributed by atoms with E-state index in [4.69, 9.17) is 16.3 Å². The van der Waals surface area contributed by atoms with Crippen LogP contribution in [-0.4, -0.2) is 37.5 Å². The molecule has 2 nitrogen and oxygen atoms in total. The zero-order valence-corrected chi connectivity index (χ0v) is 12.5. The fourth-order valence-corrected chi connectivity index (χ4v) is 2.92. The lowest BCUT2D eigenvalue weighted by Crippen LogP contribution is -2.28. The third-order valence-electron chi connectivity index (χ3n) is 3.79. The van der Waals surface area contributed by atoms with Crippen molar-refractivity contribution in [3.63, 3.8) is 0 Å². The summed E-state index contributed by atoms with van der Waals surface area (Å²) in [6.45, 7) is 3.14. The van der Waals surface area contributed by atoms with Crippen LogP contribution in [0.5, 0.6) is 5.75 Å². The molecule has 0 radical (unpaired) electrons. The van der Waals surface area contributed by atoms with E-state index in [0.717, 1.165) is 44.2 Å². The summed E-state index contributed by atoms with van der Waals surface area (Å²) >= 11 is 5.70. The minimum atomic E-state index is 0.614. The van der Waals surface area contributed by atoms with Gasteiger partial charge in [0.15, 0.2) is 0 Å². The number of para-hydroxylation sites is 1. The molecule has 0 spiro atoms. The number of hydrogen-bond donors (Lipinski definition) is 0. The molecule has 106 valence electrons. The van der Waals surface area contributed by atoms with Crippen LogP contribution in [0.25, 0.3) is 0 Å². The highest BCUT2D eigenvalue weighted by Crippen LogP contribution is 2.33. The molecule has 0 fully saturated rings. The first-order valence-electron chi connectivity index (χ1n) is 7.27. The second-order valence-corrected chi connectivity index (χ2v) is 5.76. The highest BCUT2D eigenvalue weighted by Gasteiger charge is 2.21. The van der Waals surface area contributed by atoms with Gasteiger partial charge in [0.2, 0.25) is 0 Å². The molecule has 1 atom stereocenters. The summed E-state index contributed by atoms with van der Waals surface area (Å²) in [7, 11) is 2.22. The Labute approximate surface area is 121 Å². The average Bonchev–Trinajstić information content (AvgIpc) is 2.44. The van der Waals surface area contributed by atoms with Crippen molar-refractivity contribution in [3.05, 3.63) is 29.8 Å². The number of benzene rings is 1. The standard InChI is InChI=1S/C16H24ClNO/c1-18(11-6-2-5-10-17)13-14-9-12-19-16-8-4-3-7-15(14)16/h3-4,7-8,14H,2,5-6,9-13H2,1H3. The summed E-state index contributed by atoms with van der Waals surface area (Å²) in [5.74, 6) is 2.48. The molecule has 1 aromatic carbocycles. The van der Waals surface area contributed by atoms with Crippen LogP contribution in [0.4, 0.5) is 0 Å². The Bertz CT molecular complexity index is 383. The van der Waals surface area contributed by atoms with Crippen LogP contribution in [0.3, 0.4) is 0 Å². The molecule has 0 N–H and O–H groups in total. The lowest BCUT2D eigenvalue weighted by atomic mass is 9.92. The summed E-state index contributed by atoms with van der Waals surface area (Å²) < 4.78 is 5.72. The first kappa shape index (κ1) is 14.7. The molecule has 1 heterocycles. The Balaban J connectivity index is 1.83. The zero-order valence-electron chi connectivity index (χ0n) is 11.8. The quantitative estimate of drug-likeness (QED) is 0.555. The minimum absolute atomic E-state index is 0.614. The van der Waals surface area contributed by atoms with Crippen LogP contribution < -0.4 is 4.74 Å². The first-order valence-corrected chi connectivity index (χ1v) is 7.81. The van der Waals surface area contributed by atoms with Crippen molar-refractivity contribution in [1.29, 1.82) is 0 Å². The van der Waals surface area contributed by atoms with E-state index < -0.39 is 0 Å². The maximum Gasteiger partial charge on any atom is 0.122 e. The molecule has 1 unspecified atom stereocenters. The number of unbranched alkanes of at least 4 members (excludes halogenated alkanes) is 2. The first-order chi connectivity index (χ1) is 9.31. The molecule has 1 aliphatic rings. The van der Waals surface area contributed by atoms with E-state index in [2.05, 4.69) is 36.2 Å². The van der Waals surface area contributed by atoms with Crippen LogP contribution in [0.1, 0.15) is 37.2 Å². The largest absolute Gasteiger partial charge is 0.493 e. The van der Waals surface area contributed by atoms with Gasteiger partial charge in [-0.25, -0.2) is 0 Å². The van der Waals surface area contributed by atoms with Crippen LogP contribution in [0.15, 0.2) is 24.3 Å². The molecule has 0 aliphatic carbocycles. The SMILES string of the molecule is CN(CCCCCCl)CC1CCOc2ccccc21. The number of halogens is 1. The second kappa shape index (κ2) is 7.76. The van der Waals surface area contributed by atoms with Gasteiger partial charge >= 0.3 is 0 Å². The van der Waals surface area contributed by atoms with E-state index in [9.17, 15) is 0 Å². The molecule has 3 heteroatoms. The Morgan fingerprint density at radius 1 is 1.26 bits per heavy atom. The molecule has 0 saturated heterocycles. The highest BCUT2D eigenvalue weighted by molar-refractivity contribution is 6.17. The number of ether oxygens (including phenoxy) is 1. The third-order valence-corrected chi connectivity index (χ3v) is 4.06. The van der Waals surface area contributed by atoms with Crippen molar-refractivity contribution in [1.82, 2.24) is 4.90 Å². The normalized spacial score (nSPS) is 18.2. The van der Waals surface area contributed by atoms with E-state index >= 15 is 0 Å². The van der Waals surface area contributed by atoms with Gasteiger partial charge in [0.05, 0.1) is 6.61 Å². The molecule has 2 rings (SSSR count). The molecular weight excluding hydrogens is 258 g/mol. The van der Waals surface area contributed by atoms with Crippen molar-refractivity contribution in [2.24, 2.45) is 0 Å². The molecule has 0 saturated carbocycles. The highest BCUT2D eigenvalue weighted by atomic mass is 35.5. The summed E-state index contributed by atoms with van der Waals surface area (Å²) in [4.78, 5) is 2.45. The van der Waals surface area contributed by atoms with Gasteiger partial charge < -0.3 is 9.64 Å². The maximum absolute atomic E-state index is 5.72. The van der Waals surface area contributed by atoms with Gasteiger partial charge in [0.1, 0.15) is 5.75 Å². The number of fused-ring (bicyclic) bond motifs is 1. The van der Waals surface area contributed by atoms with Crippen molar-refractivity contribution in [2.45, 2.75) is 31.6 Å². The topological polar surface area (TPSA) is 12.5 Å². The Kier molecular flexibility index (Phi) is 5.99. The zero-order chi connectivity index (χ0) is 13.5. The Morgan fingerprint density at radius 3 is 2.95 bits per heavy atom. The van der Waals surface area contributed by atoms with E-state index in [1.54, 1.807) is 0 Å². The van der Waals surface area contributed by atoms with Gasteiger partial charge in [-0.2, -0.15) is 0 Å². The van der Waals surface area contributed by atoms with Crippen molar-refractivity contribution >= 4 is 11.6 Å². The van der Waals surface area contributed by atoms with E-state index in [0.29, 0.717) is 5.92 Å².